The summed E-state index contributed by atoms with van der Waals surface area (Å²) in [6, 6.07) is 10.4. The van der Waals surface area contributed by atoms with E-state index in [9.17, 15) is 0 Å². The molecule has 0 heterocycles. The molecule has 2 nitrogen and oxygen atoms in total. The molecule has 0 amide bonds. The first-order valence-corrected chi connectivity index (χ1v) is 5.36. The summed E-state index contributed by atoms with van der Waals surface area (Å²) in [4.78, 5) is 0. The summed E-state index contributed by atoms with van der Waals surface area (Å²) >= 11 is 0. The van der Waals surface area contributed by atoms with Crippen molar-refractivity contribution in [2.24, 2.45) is 5.92 Å². The molecule has 0 unspecified atom stereocenters. The number of nitrogens with one attached hydrogen (secondary N) is 1. The lowest BCUT2D eigenvalue weighted by Crippen LogP contribution is -2.30. The van der Waals surface area contributed by atoms with Gasteiger partial charge in [-0.15, -0.1) is 0 Å². The Morgan fingerprint density at radius 1 is 1.33 bits per heavy atom. The van der Waals surface area contributed by atoms with Crippen LogP contribution in [0.2, 0.25) is 0 Å². The van der Waals surface area contributed by atoms with Crippen LogP contribution in [0.5, 0.6) is 0 Å². The molecular weight excluding hydrogens is 184 g/mol. The lowest BCUT2D eigenvalue weighted by Gasteiger charge is -2.17. The van der Waals surface area contributed by atoms with Crippen LogP contribution in [0.25, 0.3) is 0 Å². The minimum Gasteiger partial charge on any atom is -0.310 e. The molecule has 15 heavy (non-hydrogen) atoms. The van der Waals surface area contributed by atoms with Gasteiger partial charge >= 0.3 is 0 Å². The third-order valence-electron chi connectivity index (χ3n) is 2.68. The standard InChI is InChI=1S/C13H18N2/c1-10(2)11(3)15-9-13-6-4-5-12(7-13)8-14/h4-7,10-11,15H,9H2,1-3H3/t11-/m0/s1. The molecule has 1 atom stereocenters. The maximum atomic E-state index is 8.76. The first kappa shape index (κ1) is 11.7. The summed E-state index contributed by atoms with van der Waals surface area (Å²) in [5, 5.41) is 12.2. The Morgan fingerprint density at radius 3 is 2.67 bits per heavy atom. The first-order chi connectivity index (χ1) is 7.13. The minimum atomic E-state index is 0.496. The lowest BCUT2D eigenvalue weighted by atomic mass is 10.1. The number of benzene rings is 1. The van der Waals surface area contributed by atoms with E-state index in [0.29, 0.717) is 12.0 Å². The molecule has 0 aliphatic heterocycles. The van der Waals surface area contributed by atoms with Crippen LogP contribution < -0.4 is 5.32 Å². The zero-order valence-corrected chi connectivity index (χ0v) is 9.62. The highest BCUT2D eigenvalue weighted by Crippen LogP contribution is 2.06. The Morgan fingerprint density at radius 2 is 2.07 bits per heavy atom. The second-order valence-electron chi connectivity index (χ2n) is 4.23. The van der Waals surface area contributed by atoms with E-state index in [2.05, 4.69) is 32.2 Å². The molecule has 0 aromatic heterocycles. The van der Waals surface area contributed by atoms with Crippen molar-refractivity contribution in [2.45, 2.75) is 33.4 Å². The van der Waals surface area contributed by atoms with Crippen LogP contribution in [-0.4, -0.2) is 6.04 Å². The zero-order valence-electron chi connectivity index (χ0n) is 9.62. The highest BCUT2D eigenvalue weighted by molar-refractivity contribution is 5.32. The molecule has 1 N–H and O–H groups in total. The van der Waals surface area contributed by atoms with Crippen LogP contribution in [0, 0.1) is 17.2 Å². The largest absolute Gasteiger partial charge is 0.310 e. The van der Waals surface area contributed by atoms with Crippen molar-refractivity contribution in [3.05, 3.63) is 35.4 Å². The molecule has 0 saturated carbocycles. The molecule has 2 heteroatoms. The Balaban J connectivity index is 2.55. The van der Waals surface area contributed by atoms with Gasteiger partial charge in [0.2, 0.25) is 0 Å². The Kier molecular flexibility index (Phi) is 4.33. The second-order valence-corrected chi connectivity index (χ2v) is 4.23. The van der Waals surface area contributed by atoms with E-state index < -0.39 is 0 Å². The van der Waals surface area contributed by atoms with Gasteiger partial charge in [-0.2, -0.15) is 5.26 Å². The summed E-state index contributed by atoms with van der Waals surface area (Å²) in [5.41, 5.74) is 1.90. The summed E-state index contributed by atoms with van der Waals surface area (Å²) in [6.07, 6.45) is 0. The van der Waals surface area contributed by atoms with Crippen molar-refractivity contribution < 1.29 is 0 Å². The van der Waals surface area contributed by atoms with Crippen molar-refractivity contribution in [1.29, 1.82) is 5.26 Å². The molecule has 0 saturated heterocycles. The summed E-state index contributed by atoms with van der Waals surface area (Å²) < 4.78 is 0. The van der Waals surface area contributed by atoms with E-state index in [1.54, 1.807) is 0 Å². The zero-order chi connectivity index (χ0) is 11.3. The van der Waals surface area contributed by atoms with E-state index in [1.807, 2.05) is 24.3 Å². The molecule has 0 bridgehead atoms. The van der Waals surface area contributed by atoms with E-state index >= 15 is 0 Å². The quantitative estimate of drug-likeness (QED) is 0.814. The van der Waals surface area contributed by atoms with Crippen LogP contribution in [0.1, 0.15) is 31.9 Å². The first-order valence-electron chi connectivity index (χ1n) is 5.36. The fourth-order valence-electron chi connectivity index (χ4n) is 1.27. The Hall–Kier alpha value is -1.33. The average molecular weight is 202 g/mol. The number of hydrogen-bond acceptors (Lipinski definition) is 2. The molecule has 1 aromatic carbocycles. The predicted octanol–water partition coefficient (Wildman–Crippen LogP) is 2.69. The maximum Gasteiger partial charge on any atom is 0.0991 e. The van der Waals surface area contributed by atoms with Crippen LogP contribution in [0.3, 0.4) is 0 Å². The van der Waals surface area contributed by atoms with Gasteiger partial charge in [0.1, 0.15) is 0 Å². The molecule has 0 aliphatic carbocycles. The SMILES string of the molecule is CC(C)[C@H](C)NCc1cccc(C#N)c1. The highest BCUT2D eigenvalue weighted by Gasteiger charge is 2.05. The van der Waals surface area contributed by atoms with Crippen molar-refractivity contribution in [3.63, 3.8) is 0 Å². The third-order valence-corrected chi connectivity index (χ3v) is 2.68. The van der Waals surface area contributed by atoms with Gasteiger partial charge in [-0.05, 0) is 30.5 Å². The van der Waals surface area contributed by atoms with Gasteiger partial charge in [0.25, 0.3) is 0 Å². The fraction of sp³-hybridized carbons (Fsp3) is 0.462. The summed E-state index contributed by atoms with van der Waals surface area (Å²) in [7, 11) is 0. The summed E-state index contributed by atoms with van der Waals surface area (Å²) in [5.74, 6) is 0.629. The number of hydrogen-bond donors (Lipinski definition) is 1. The van der Waals surface area contributed by atoms with Gasteiger partial charge in [-0.25, -0.2) is 0 Å². The monoisotopic (exact) mass is 202 g/mol. The Labute approximate surface area is 91.9 Å². The summed E-state index contributed by atoms with van der Waals surface area (Å²) in [6.45, 7) is 7.40. The van der Waals surface area contributed by atoms with Crippen LogP contribution in [-0.2, 0) is 6.54 Å². The predicted molar refractivity (Wildman–Crippen MR) is 62.3 cm³/mol. The van der Waals surface area contributed by atoms with Crippen molar-refractivity contribution in [3.8, 4) is 6.07 Å². The molecule has 1 rings (SSSR count). The van der Waals surface area contributed by atoms with E-state index in [-0.39, 0.29) is 0 Å². The maximum absolute atomic E-state index is 8.76. The van der Waals surface area contributed by atoms with Gasteiger partial charge in [-0.3, -0.25) is 0 Å². The number of rotatable bonds is 4. The minimum absolute atomic E-state index is 0.496. The molecule has 0 radical (unpaired) electrons. The molecule has 0 fully saturated rings. The number of nitriles is 1. The van der Waals surface area contributed by atoms with Crippen LogP contribution in [0.4, 0.5) is 0 Å². The van der Waals surface area contributed by atoms with Gasteiger partial charge in [0.15, 0.2) is 0 Å². The van der Waals surface area contributed by atoms with E-state index in [4.69, 9.17) is 5.26 Å². The topological polar surface area (TPSA) is 35.8 Å². The molecule has 1 aromatic rings. The van der Waals surface area contributed by atoms with Gasteiger partial charge in [0.05, 0.1) is 11.6 Å². The Bertz CT molecular complexity index is 350. The van der Waals surface area contributed by atoms with Crippen molar-refractivity contribution in [2.75, 3.05) is 0 Å². The van der Waals surface area contributed by atoms with Gasteiger partial charge in [-0.1, -0.05) is 26.0 Å². The smallest absolute Gasteiger partial charge is 0.0991 e. The number of nitrogens with zero attached hydrogens (tertiary/aromatic N) is 1. The molecule has 80 valence electrons. The normalized spacial score (nSPS) is 12.5. The van der Waals surface area contributed by atoms with Crippen molar-refractivity contribution >= 4 is 0 Å². The highest BCUT2D eigenvalue weighted by atomic mass is 14.9. The fourth-order valence-corrected chi connectivity index (χ4v) is 1.27. The van der Waals surface area contributed by atoms with Gasteiger partial charge < -0.3 is 5.32 Å². The van der Waals surface area contributed by atoms with Crippen molar-refractivity contribution in [1.82, 2.24) is 5.32 Å². The average Bonchev–Trinajstić information content (AvgIpc) is 2.26. The van der Waals surface area contributed by atoms with Crippen LogP contribution >= 0.6 is 0 Å². The second kappa shape index (κ2) is 5.53. The lowest BCUT2D eigenvalue weighted by molar-refractivity contribution is 0.426. The molecule has 0 spiro atoms. The molecule has 0 aliphatic rings. The van der Waals surface area contributed by atoms with E-state index in [1.165, 1.54) is 5.56 Å². The third kappa shape index (κ3) is 3.73. The van der Waals surface area contributed by atoms with E-state index in [0.717, 1.165) is 12.1 Å². The van der Waals surface area contributed by atoms with Gasteiger partial charge in [0, 0.05) is 12.6 Å². The van der Waals surface area contributed by atoms with Crippen LogP contribution in [0.15, 0.2) is 24.3 Å². The molecular formula is C13H18N2.